The minimum atomic E-state index is -1.27. The number of nitrogens with one attached hydrogen (secondary N) is 2. The Hall–Kier alpha value is -2.05. The van der Waals surface area contributed by atoms with E-state index in [1.165, 1.54) is 6.92 Å². The number of nitrogens with zero attached hydrogens (tertiary/aromatic N) is 2. The Labute approximate surface area is 118 Å². The molecule has 2 amide bonds. The summed E-state index contributed by atoms with van der Waals surface area (Å²) in [5, 5.41) is 18.6. The van der Waals surface area contributed by atoms with Crippen molar-refractivity contribution in [3.05, 3.63) is 11.9 Å². The van der Waals surface area contributed by atoms with E-state index < -0.39 is 17.5 Å². The van der Waals surface area contributed by atoms with Crippen LogP contribution in [0.4, 0.5) is 10.5 Å². The van der Waals surface area contributed by atoms with Gasteiger partial charge in [0.1, 0.15) is 5.54 Å². The zero-order chi connectivity index (χ0) is 15.3. The first-order valence-electron chi connectivity index (χ1n) is 6.67. The normalized spacial score (nSPS) is 13.6. The van der Waals surface area contributed by atoms with Gasteiger partial charge in [0.15, 0.2) is 0 Å². The van der Waals surface area contributed by atoms with Crippen LogP contribution in [0.1, 0.15) is 39.3 Å². The van der Waals surface area contributed by atoms with Crippen molar-refractivity contribution in [3.8, 4) is 0 Å². The summed E-state index contributed by atoms with van der Waals surface area (Å²) >= 11 is 0. The van der Waals surface area contributed by atoms with E-state index in [4.69, 9.17) is 0 Å². The molecule has 1 aromatic rings. The maximum atomic E-state index is 12.0. The van der Waals surface area contributed by atoms with Crippen molar-refractivity contribution in [2.45, 2.75) is 45.6 Å². The van der Waals surface area contributed by atoms with Crippen LogP contribution >= 0.6 is 0 Å². The molecule has 0 fully saturated rings. The molecule has 0 aliphatic rings. The molecule has 0 saturated carbocycles. The molecule has 112 valence electrons. The Kier molecular flexibility index (Phi) is 5.12. The number of hydrogen-bond acceptors (Lipinski definition) is 3. The van der Waals surface area contributed by atoms with Crippen molar-refractivity contribution in [2.24, 2.45) is 7.05 Å². The molecule has 0 bridgehead atoms. The third-order valence-electron chi connectivity index (χ3n) is 3.10. The standard InChI is InChI=1S/C13H22N4O3/c1-5-7-13(3,11(18)19)15-12(20)14-10-8-17(4)16-9(10)6-2/h8H,5-7H2,1-4H3,(H,18,19)(H2,14,15,20). The summed E-state index contributed by atoms with van der Waals surface area (Å²) < 4.78 is 1.61. The highest BCUT2D eigenvalue weighted by Crippen LogP contribution is 2.16. The second-order valence-corrected chi connectivity index (χ2v) is 4.98. The first-order valence-corrected chi connectivity index (χ1v) is 6.67. The van der Waals surface area contributed by atoms with Gasteiger partial charge in [-0.2, -0.15) is 5.10 Å². The molecule has 20 heavy (non-hydrogen) atoms. The highest BCUT2D eigenvalue weighted by molar-refractivity contribution is 5.94. The van der Waals surface area contributed by atoms with E-state index in [9.17, 15) is 14.7 Å². The van der Waals surface area contributed by atoms with Crippen molar-refractivity contribution in [1.82, 2.24) is 15.1 Å². The summed E-state index contributed by atoms with van der Waals surface area (Å²) in [5.74, 6) is -1.04. The zero-order valence-corrected chi connectivity index (χ0v) is 12.4. The van der Waals surface area contributed by atoms with E-state index in [0.717, 1.165) is 5.69 Å². The molecule has 1 atom stereocenters. The van der Waals surface area contributed by atoms with Crippen LogP contribution in [0.3, 0.4) is 0 Å². The van der Waals surface area contributed by atoms with Gasteiger partial charge in [-0.25, -0.2) is 9.59 Å². The molecular formula is C13H22N4O3. The fourth-order valence-electron chi connectivity index (χ4n) is 2.03. The van der Waals surface area contributed by atoms with Gasteiger partial charge in [-0.15, -0.1) is 0 Å². The third kappa shape index (κ3) is 3.72. The van der Waals surface area contributed by atoms with Gasteiger partial charge in [0.2, 0.25) is 0 Å². The van der Waals surface area contributed by atoms with Gasteiger partial charge in [0.25, 0.3) is 0 Å². The SMILES string of the molecule is CCCC(C)(NC(=O)Nc1cn(C)nc1CC)C(=O)O. The summed E-state index contributed by atoms with van der Waals surface area (Å²) in [4.78, 5) is 23.2. The summed E-state index contributed by atoms with van der Waals surface area (Å²) in [6.07, 6.45) is 3.40. The summed E-state index contributed by atoms with van der Waals surface area (Å²) in [6.45, 7) is 5.31. The number of rotatable bonds is 6. The molecule has 0 saturated heterocycles. The Balaban J connectivity index is 2.78. The lowest BCUT2D eigenvalue weighted by atomic mass is 9.97. The average molecular weight is 282 g/mol. The second kappa shape index (κ2) is 6.40. The lowest BCUT2D eigenvalue weighted by Gasteiger charge is -2.25. The molecular weight excluding hydrogens is 260 g/mol. The van der Waals surface area contributed by atoms with Crippen LogP contribution in [0.5, 0.6) is 0 Å². The van der Waals surface area contributed by atoms with Crippen LogP contribution in [0.15, 0.2) is 6.20 Å². The number of carbonyl (C=O) groups excluding carboxylic acids is 1. The smallest absolute Gasteiger partial charge is 0.329 e. The molecule has 7 nitrogen and oxygen atoms in total. The van der Waals surface area contributed by atoms with Crippen LogP contribution in [0, 0.1) is 0 Å². The molecule has 3 N–H and O–H groups in total. The van der Waals surface area contributed by atoms with Crippen LogP contribution in [0.2, 0.25) is 0 Å². The van der Waals surface area contributed by atoms with Crippen LogP contribution in [0.25, 0.3) is 0 Å². The van der Waals surface area contributed by atoms with Crippen LogP contribution < -0.4 is 10.6 Å². The van der Waals surface area contributed by atoms with E-state index in [-0.39, 0.29) is 0 Å². The first-order chi connectivity index (χ1) is 9.32. The Morgan fingerprint density at radius 1 is 1.45 bits per heavy atom. The molecule has 0 aliphatic heterocycles. The van der Waals surface area contributed by atoms with Gasteiger partial charge >= 0.3 is 12.0 Å². The molecule has 0 aromatic carbocycles. The molecule has 7 heteroatoms. The predicted octanol–water partition coefficient (Wildman–Crippen LogP) is 1.75. The number of hydrogen-bond donors (Lipinski definition) is 3. The quantitative estimate of drug-likeness (QED) is 0.740. The lowest BCUT2D eigenvalue weighted by molar-refractivity contribution is -0.143. The van der Waals surface area contributed by atoms with Gasteiger partial charge < -0.3 is 15.7 Å². The number of anilines is 1. The van der Waals surface area contributed by atoms with Crippen molar-refractivity contribution >= 4 is 17.7 Å². The minimum absolute atomic E-state index is 0.365. The maximum absolute atomic E-state index is 12.0. The monoisotopic (exact) mass is 282 g/mol. The van der Waals surface area contributed by atoms with E-state index in [1.54, 1.807) is 17.9 Å². The van der Waals surface area contributed by atoms with Crippen molar-refractivity contribution in [3.63, 3.8) is 0 Å². The van der Waals surface area contributed by atoms with E-state index >= 15 is 0 Å². The summed E-state index contributed by atoms with van der Waals surface area (Å²) in [7, 11) is 1.76. The fraction of sp³-hybridized carbons (Fsp3) is 0.615. The largest absolute Gasteiger partial charge is 0.480 e. The summed E-state index contributed by atoms with van der Waals surface area (Å²) in [6, 6.07) is -0.536. The Morgan fingerprint density at radius 3 is 2.60 bits per heavy atom. The molecule has 0 aliphatic carbocycles. The predicted molar refractivity (Wildman–Crippen MR) is 75.7 cm³/mol. The van der Waals surface area contributed by atoms with Gasteiger partial charge in [-0.3, -0.25) is 4.68 Å². The number of aryl methyl sites for hydroxylation is 2. The topological polar surface area (TPSA) is 96.3 Å². The molecule has 1 aromatic heterocycles. The highest BCUT2D eigenvalue weighted by atomic mass is 16.4. The molecule has 0 radical (unpaired) electrons. The molecule has 0 spiro atoms. The first kappa shape index (κ1) is 16.0. The van der Waals surface area contributed by atoms with E-state index in [1.807, 2.05) is 13.8 Å². The number of urea groups is 1. The molecule has 1 heterocycles. The van der Waals surface area contributed by atoms with Gasteiger partial charge in [-0.1, -0.05) is 20.3 Å². The fourth-order valence-corrected chi connectivity index (χ4v) is 2.03. The van der Waals surface area contributed by atoms with E-state index in [2.05, 4.69) is 15.7 Å². The van der Waals surface area contributed by atoms with Gasteiger partial charge in [0, 0.05) is 13.2 Å². The number of carboxylic acid groups (broad SMARTS) is 1. The Morgan fingerprint density at radius 2 is 2.10 bits per heavy atom. The number of carboxylic acids is 1. The number of aromatic nitrogens is 2. The third-order valence-corrected chi connectivity index (χ3v) is 3.10. The second-order valence-electron chi connectivity index (χ2n) is 4.98. The minimum Gasteiger partial charge on any atom is -0.480 e. The van der Waals surface area contributed by atoms with Crippen LogP contribution in [-0.4, -0.2) is 32.4 Å². The highest BCUT2D eigenvalue weighted by Gasteiger charge is 2.34. The zero-order valence-electron chi connectivity index (χ0n) is 12.4. The molecule has 1 unspecified atom stereocenters. The maximum Gasteiger partial charge on any atom is 0.329 e. The van der Waals surface area contributed by atoms with Crippen molar-refractivity contribution in [2.75, 3.05) is 5.32 Å². The van der Waals surface area contributed by atoms with Crippen molar-refractivity contribution in [1.29, 1.82) is 0 Å². The molecule has 1 rings (SSSR count). The van der Waals surface area contributed by atoms with Crippen LogP contribution in [-0.2, 0) is 18.3 Å². The number of carbonyl (C=O) groups is 2. The van der Waals surface area contributed by atoms with Crippen molar-refractivity contribution < 1.29 is 14.7 Å². The lowest BCUT2D eigenvalue weighted by Crippen LogP contribution is -2.53. The van der Waals surface area contributed by atoms with E-state index in [0.29, 0.717) is 24.9 Å². The number of aliphatic carboxylic acids is 1. The van der Waals surface area contributed by atoms with Gasteiger partial charge in [0.05, 0.1) is 11.4 Å². The number of amides is 2. The Bertz CT molecular complexity index is 498. The summed E-state index contributed by atoms with van der Waals surface area (Å²) in [5.41, 5.74) is 0.0832. The van der Waals surface area contributed by atoms with Gasteiger partial charge in [-0.05, 0) is 19.8 Å². The average Bonchev–Trinajstić information content (AvgIpc) is 2.69.